The Morgan fingerprint density at radius 3 is 2.51 bits per heavy atom. The van der Waals surface area contributed by atoms with Crippen molar-refractivity contribution in [2.75, 3.05) is 19.6 Å². The Morgan fingerprint density at radius 2 is 1.83 bits per heavy atom. The summed E-state index contributed by atoms with van der Waals surface area (Å²) in [6, 6.07) is 16.2. The van der Waals surface area contributed by atoms with Crippen LogP contribution in [0.4, 0.5) is 0 Å². The number of piperidine rings is 1. The monoisotopic (exact) mass is 494 g/mol. The average Bonchev–Trinajstić information content (AvgIpc) is 3.31. The van der Waals surface area contributed by atoms with Gasteiger partial charge in [-0.05, 0) is 61.4 Å². The normalized spacial score (nSPS) is 15.3. The van der Waals surface area contributed by atoms with Crippen LogP contribution < -0.4 is 5.32 Å². The summed E-state index contributed by atoms with van der Waals surface area (Å²) in [5.41, 5.74) is 3.47. The lowest BCUT2D eigenvalue weighted by molar-refractivity contribution is -0.126. The summed E-state index contributed by atoms with van der Waals surface area (Å²) >= 11 is 6.20. The zero-order valence-electron chi connectivity index (χ0n) is 20.9. The maximum atomic E-state index is 12.6. The summed E-state index contributed by atoms with van der Waals surface area (Å²) in [6.45, 7) is 9.56. The fourth-order valence-corrected chi connectivity index (χ4v) is 4.67. The standard InChI is InChI=1S/C28H35ClN4O2/c1-28(2,3)23-12-10-21(11-13-23)26-31-25(35-32-26)19-33-17-14-22(15-18-33)27(34)30-16-6-8-20-7-4-5-9-24(20)29/h4-5,7,9-13,22H,6,8,14-19H2,1-3H3,(H,30,34). The number of carbonyl (C=O) groups is 1. The van der Waals surface area contributed by atoms with Crippen LogP contribution in [0.5, 0.6) is 0 Å². The molecule has 1 amide bonds. The molecule has 1 aliphatic rings. The molecule has 186 valence electrons. The lowest BCUT2D eigenvalue weighted by Gasteiger charge is -2.30. The number of benzene rings is 2. The lowest BCUT2D eigenvalue weighted by Crippen LogP contribution is -2.40. The molecule has 2 aromatic carbocycles. The van der Waals surface area contributed by atoms with Crippen molar-refractivity contribution in [3.63, 3.8) is 0 Å². The molecule has 0 radical (unpaired) electrons. The number of aromatic nitrogens is 2. The molecule has 1 fully saturated rings. The van der Waals surface area contributed by atoms with Crippen molar-refractivity contribution in [1.82, 2.24) is 20.4 Å². The Balaban J connectivity index is 1.19. The van der Waals surface area contributed by atoms with Crippen LogP contribution in [0.3, 0.4) is 0 Å². The second-order valence-corrected chi connectivity index (χ2v) is 10.8. The molecule has 0 atom stereocenters. The minimum atomic E-state index is 0.0612. The number of nitrogens with one attached hydrogen (secondary N) is 1. The molecule has 1 N–H and O–H groups in total. The second-order valence-electron chi connectivity index (χ2n) is 10.4. The van der Waals surface area contributed by atoms with Gasteiger partial charge in [-0.15, -0.1) is 0 Å². The van der Waals surface area contributed by atoms with Gasteiger partial charge in [0.15, 0.2) is 0 Å². The van der Waals surface area contributed by atoms with E-state index in [4.69, 9.17) is 16.1 Å². The van der Waals surface area contributed by atoms with Crippen LogP contribution >= 0.6 is 11.6 Å². The van der Waals surface area contributed by atoms with E-state index in [-0.39, 0.29) is 17.2 Å². The van der Waals surface area contributed by atoms with Crippen LogP contribution in [0, 0.1) is 5.92 Å². The molecule has 2 heterocycles. The molecule has 3 aromatic rings. The van der Waals surface area contributed by atoms with Crippen molar-refractivity contribution in [3.05, 3.63) is 70.6 Å². The third-order valence-electron chi connectivity index (χ3n) is 6.67. The maximum absolute atomic E-state index is 12.6. The van der Waals surface area contributed by atoms with Crippen molar-refractivity contribution in [2.45, 2.75) is 58.4 Å². The van der Waals surface area contributed by atoms with E-state index in [9.17, 15) is 4.79 Å². The lowest BCUT2D eigenvalue weighted by atomic mass is 9.87. The van der Waals surface area contributed by atoms with E-state index in [0.717, 1.165) is 54.9 Å². The highest BCUT2D eigenvalue weighted by molar-refractivity contribution is 6.31. The quantitative estimate of drug-likeness (QED) is 0.410. The van der Waals surface area contributed by atoms with Gasteiger partial charge in [0, 0.05) is 23.0 Å². The summed E-state index contributed by atoms with van der Waals surface area (Å²) in [7, 11) is 0. The van der Waals surface area contributed by atoms with Crippen LogP contribution in [-0.4, -0.2) is 40.6 Å². The fourth-order valence-electron chi connectivity index (χ4n) is 4.44. The minimum absolute atomic E-state index is 0.0612. The number of hydrogen-bond acceptors (Lipinski definition) is 5. The molecule has 4 rings (SSSR count). The van der Waals surface area contributed by atoms with Gasteiger partial charge in [0.25, 0.3) is 0 Å². The molecular weight excluding hydrogens is 460 g/mol. The van der Waals surface area contributed by atoms with Crippen LogP contribution in [0.25, 0.3) is 11.4 Å². The molecule has 7 heteroatoms. The van der Waals surface area contributed by atoms with Gasteiger partial charge in [-0.1, -0.05) is 80.0 Å². The van der Waals surface area contributed by atoms with E-state index in [1.807, 2.05) is 36.4 Å². The number of aryl methyl sites for hydroxylation is 1. The molecule has 35 heavy (non-hydrogen) atoms. The predicted molar refractivity (Wildman–Crippen MR) is 139 cm³/mol. The highest BCUT2D eigenvalue weighted by Crippen LogP contribution is 2.25. The van der Waals surface area contributed by atoms with Gasteiger partial charge in [0.2, 0.25) is 17.6 Å². The van der Waals surface area contributed by atoms with Gasteiger partial charge in [-0.2, -0.15) is 4.98 Å². The number of carbonyl (C=O) groups excluding carboxylic acids is 1. The van der Waals surface area contributed by atoms with Gasteiger partial charge in [-0.3, -0.25) is 9.69 Å². The van der Waals surface area contributed by atoms with Crippen LogP contribution in [-0.2, 0) is 23.2 Å². The summed E-state index contributed by atoms with van der Waals surface area (Å²) in [4.78, 5) is 19.5. The highest BCUT2D eigenvalue weighted by Gasteiger charge is 2.26. The van der Waals surface area contributed by atoms with Crippen LogP contribution in [0.1, 0.15) is 57.1 Å². The first-order chi connectivity index (χ1) is 16.8. The Kier molecular flexibility index (Phi) is 8.24. The third-order valence-corrected chi connectivity index (χ3v) is 7.04. The Morgan fingerprint density at radius 1 is 1.11 bits per heavy atom. The van der Waals surface area contributed by atoms with E-state index in [0.29, 0.717) is 24.8 Å². The summed E-state index contributed by atoms with van der Waals surface area (Å²) in [6.07, 6.45) is 3.43. The summed E-state index contributed by atoms with van der Waals surface area (Å²) in [5, 5.41) is 8.06. The SMILES string of the molecule is CC(C)(C)c1ccc(-c2noc(CN3CCC(C(=O)NCCCc4ccccc4Cl)CC3)n2)cc1. The molecule has 0 aliphatic carbocycles. The molecule has 0 saturated carbocycles. The number of amides is 1. The van der Waals surface area contributed by atoms with Crippen LogP contribution in [0.15, 0.2) is 53.1 Å². The van der Waals surface area contributed by atoms with Crippen LogP contribution in [0.2, 0.25) is 5.02 Å². The third kappa shape index (κ3) is 6.92. The fraction of sp³-hybridized carbons (Fsp3) is 0.464. The van der Waals surface area contributed by atoms with Crippen molar-refractivity contribution >= 4 is 17.5 Å². The molecule has 6 nitrogen and oxygen atoms in total. The second kappa shape index (κ2) is 11.4. The van der Waals surface area contributed by atoms with Gasteiger partial charge < -0.3 is 9.84 Å². The van der Waals surface area contributed by atoms with E-state index in [2.05, 4.69) is 53.3 Å². The topological polar surface area (TPSA) is 71.3 Å². The Hall–Kier alpha value is -2.70. The minimum Gasteiger partial charge on any atom is -0.356 e. The Labute approximate surface area is 213 Å². The van der Waals surface area contributed by atoms with Gasteiger partial charge in [0.05, 0.1) is 6.54 Å². The number of halogens is 1. The van der Waals surface area contributed by atoms with E-state index >= 15 is 0 Å². The van der Waals surface area contributed by atoms with Gasteiger partial charge in [-0.25, -0.2) is 0 Å². The van der Waals surface area contributed by atoms with Crippen molar-refractivity contribution in [3.8, 4) is 11.4 Å². The van der Waals surface area contributed by atoms with Crippen molar-refractivity contribution < 1.29 is 9.32 Å². The summed E-state index contributed by atoms with van der Waals surface area (Å²) in [5.74, 6) is 1.45. The van der Waals surface area contributed by atoms with Crippen molar-refractivity contribution in [1.29, 1.82) is 0 Å². The van der Waals surface area contributed by atoms with Crippen molar-refractivity contribution in [2.24, 2.45) is 5.92 Å². The molecule has 1 aliphatic heterocycles. The smallest absolute Gasteiger partial charge is 0.241 e. The van der Waals surface area contributed by atoms with E-state index in [1.165, 1.54) is 5.56 Å². The molecule has 1 saturated heterocycles. The maximum Gasteiger partial charge on any atom is 0.241 e. The molecule has 0 bridgehead atoms. The molecule has 1 aromatic heterocycles. The number of likely N-dealkylation sites (tertiary alicyclic amines) is 1. The van der Waals surface area contributed by atoms with Gasteiger partial charge in [0.1, 0.15) is 0 Å². The average molecular weight is 495 g/mol. The highest BCUT2D eigenvalue weighted by atomic mass is 35.5. The largest absolute Gasteiger partial charge is 0.356 e. The van der Waals surface area contributed by atoms with E-state index in [1.54, 1.807) is 0 Å². The number of nitrogens with zero attached hydrogens (tertiary/aromatic N) is 3. The predicted octanol–water partition coefficient (Wildman–Crippen LogP) is 5.65. The Bertz CT molecular complexity index is 1110. The first-order valence-electron chi connectivity index (χ1n) is 12.5. The first-order valence-corrected chi connectivity index (χ1v) is 12.8. The van der Waals surface area contributed by atoms with E-state index < -0.39 is 0 Å². The molecular formula is C28H35ClN4O2. The number of hydrogen-bond donors (Lipinski definition) is 1. The number of rotatable bonds is 8. The van der Waals surface area contributed by atoms with Gasteiger partial charge >= 0.3 is 0 Å². The zero-order chi connectivity index (χ0) is 24.8. The molecule has 0 spiro atoms. The summed E-state index contributed by atoms with van der Waals surface area (Å²) < 4.78 is 5.51. The first kappa shape index (κ1) is 25.4. The molecule has 0 unspecified atom stereocenters. The zero-order valence-corrected chi connectivity index (χ0v) is 21.6.